The molecule has 0 aliphatic rings. The maximum atomic E-state index is 8.57. The molecule has 0 fully saturated rings. The third kappa shape index (κ3) is 10.8. The van der Waals surface area contributed by atoms with E-state index in [1.807, 2.05) is 60.7 Å². The van der Waals surface area contributed by atoms with Crippen molar-refractivity contribution in [1.82, 2.24) is 0 Å². The van der Waals surface area contributed by atoms with E-state index in [1.54, 1.807) is 0 Å². The van der Waals surface area contributed by atoms with Crippen molar-refractivity contribution in [1.29, 1.82) is 0 Å². The summed E-state index contributed by atoms with van der Waals surface area (Å²) in [4.78, 5) is 9.82. The Hall–Kier alpha value is -1.20. The van der Waals surface area contributed by atoms with Gasteiger partial charge in [0.1, 0.15) is 0 Å². The van der Waals surface area contributed by atoms with Crippen LogP contribution < -0.4 is 0 Å². The van der Waals surface area contributed by atoms with Crippen molar-refractivity contribution in [3.8, 4) is 0 Å². The Morgan fingerprint density at radius 2 is 1.08 bits per heavy atom. The summed E-state index contributed by atoms with van der Waals surface area (Å²) in [6.07, 6.45) is 0. The zero-order chi connectivity index (χ0) is 9.78. The Labute approximate surface area is 86.1 Å². The fraction of sp³-hybridized carbons (Fsp3) is 0. The molecule has 0 radical (unpaired) electrons. The van der Waals surface area contributed by atoms with Crippen molar-refractivity contribution in [2.75, 3.05) is 0 Å². The van der Waals surface area contributed by atoms with Gasteiger partial charge in [0.05, 0.1) is 0 Å². The van der Waals surface area contributed by atoms with Crippen LogP contribution in [0.5, 0.6) is 0 Å². The van der Waals surface area contributed by atoms with Gasteiger partial charge >= 0.3 is 25.2 Å². The summed E-state index contributed by atoms with van der Waals surface area (Å²) >= 11 is 2.68. The van der Waals surface area contributed by atoms with Crippen LogP contribution in [-0.4, -0.2) is 4.79 Å². The first-order valence-electron chi connectivity index (χ1n) is 3.71. The van der Waals surface area contributed by atoms with Crippen LogP contribution >= 0.6 is 0 Å². The van der Waals surface area contributed by atoms with Gasteiger partial charge in [0.15, 0.2) is 0 Å². The minimum absolute atomic E-state index is 1.25. The number of rotatable bonds is 0. The van der Waals surface area contributed by atoms with Crippen molar-refractivity contribution in [3.63, 3.8) is 0 Å². The molecule has 0 bridgehead atoms. The monoisotopic (exact) mass is 214 g/mol. The average Bonchev–Trinajstić information content (AvgIpc) is 2.85. The predicted molar refractivity (Wildman–Crippen MR) is 49.8 cm³/mol. The second-order valence-electron chi connectivity index (χ2n) is 2.00. The Morgan fingerprint density at radius 1 is 0.846 bits per heavy atom. The summed E-state index contributed by atoms with van der Waals surface area (Å²) in [5.74, 6) is 0. The molecule has 13 heavy (non-hydrogen) atoms. The van der Waals surface area contributed by atoms with Gasteiger partial charge in [-0.1, -0.05) is 0 Å². The van der Waals surface area contributed by atoms with E-state index in [9.17, 15) is 0 Å². The van der Waals surface area contributed by atoms with E-state index in [4.69, 9.17) is 4.79 Å². The normalized spacial score (nSPS) is 6.85. The molecule has 0 aliphatic heterocycles. The van der Waals surface area contributed by atoms with Crippen LogP contribution in [0.15, 0.2) is 60.7 Å². The molecule has 0 amide bonds. The summed E-state index contributed by atoms with van der Waals surface area (Å²) in [5.41, 5.74) is 0. The Bertz CT molecular complexity index is 215. The fourth-order valence-electron chi connectivity index (χ4n) is 0.642. The molecule has 2 rings (SSSR count). The van der Waals surface area contributed by atoms with Gasteiger partial charge in [0.2, 0.25) is 0 Å². The standard InChI is InChI=1S/2C5H5.CO.Fe/c2*1-2-4-5-3-1;1-2;/h2*1-5H;;/q2*-1;;. The molecule has 2 aromatic carbocycles. The molecule has 0 N–H and O–H groups in total. The van der Waals surface area contributed by atoms with Crippen molar-refractivity contribution >= 4 is 4.79 Å². The Balaban J connectivity index is 0.000000174. The molecule has 1 nitrogen and oxygen atoms in total. The third-order valence-electron chi connectivity index (χ3n) is 1.11. The second-order valence-corrected chi connectivity index (χ2v) is 2.22. The summed E-state index contributed by atoms with van der Waals surface area (Å²) in [6.45, 7) is 0. The molecule has 0 unspecified atom stereocenters. The topological polar surface area (TPSA) is 17.1 Å². The molecule has 0 aromatic heterocycles. The molecule has 0 spiro atoms. The van der Waals surface area contributed by atoms with Gasteiger partial charge in [-0.15, -0.1) is 0 Å². The van der Waals surface area contributed by atoms with E-state index in [2.05, 4.69) is 15.6 Å². The largest absolute Gasteiger partial charge is 0.214 e. The molecular formula is C11H10FeO-2. The van der Waals surface area contributed by atoms with Gasteiger partial charge in [-0.2, -0.15) is 36.4 Å². The van der Waals surface area contributed by atoms with Gasteiger partial charge in [0, 0.05) is 0 Å². The van der Waals surface area contributed by atoms with Crippen molar-refractivity contribution in [2.24, 2.45) is 0 Å². The summed E-state index contributed by atoms with van der Waals surface area (Å²) < 4.78 is 0. The van der Waals surface area contributed by atoms with E-state index < -0.39 is 0 Å². The van der Waals surface area contributed by atoms with E-state index in [0.29, 0.717) is 0 Å². The molecule has 2 heteroatoms. The third-order valence-corrected chi connectivity index (χ3v) is 1.11. The van der Waals surface area contributed by atoms with Crippen LogP contribution in [0.1, 0.15) is 0 Å². The Kier molecular flexibility index (Phi) is 9.80. The second kappa shape index (κ2) is 10.8. The van der Waals surface area contributed by atoms with Crippen LogP contribution in [0.25, 0.3) is 0 Å². The Morgan fingerprint density at radius 3 is 1.15 bits per heavy atom. The van der Waals surface area contributed by atoms with Gasteiger partial charge in [-0.3, -0.25) is 0 Å². The van der Waals surface area contributed by atoms with E-state index in [-0.39, 0.29) is 0 Å². The van der Waals surface area contributed by atoms with Gasteiger partial charge in [-0.05, 0) is 0 Å². The zero-order valence-corrected chi connectivity index (χ0v) is 8.14. The molecule has 0 atom stereocenters. The first-order valence-corrected chi connectivity index (χ1v) is 4.27. The van der Waals surface area contributed by atoms with Crippen molar-refractivity contribution < 1.29 is 20.4 Å². The van der Waals surface area contributed by atoms with Gasteiger partial charge in [0.25, 0.3) is 0 Å². The number of carbonyl (C=O) groups excluding carboxylic acids is 1. The molecule has 0 aliphatic carbocycles. The van der Waals surface area contributed by atoms with Gasteiger partial charge < -0.3 is 0 Å². The fourth-order valence-corrected chi connectivity index (χ4v) is 0.642. The smallest absolute Gasteiger partial charge is 0.172 e. The zero-order valence-electron chi connectivity index (χ0n) is 7.04. The van der Waals surface area contributed by atoms with E-state index in [0.717, 1.165) is 0 Å². The maximum Gasteiger partial charge on any atom is -0.172 e. The van der Waals surface area contributed by atoms with Crippen LogP contribution in [0.4, 0.5) is 0 Å². The minimum Gasteiger partial charge on any atom is -0.214 e. The van der Waals surface area contributed by atoms with Crippen molar-refractivity contribution in [2.45, 2.75) is 0 Å². The molecule has 2 aromatic rings. The summed E-state index contributed by atoms with van der Waals surface area (Å²) in [6, 6.07) is 20.0. The van der Waals surface area contributed by atoms with Crippen LogP contribution in [-0.2, 0) is 20.4 Å². The molecule has 0 saturated heterocycles. The minimum atomic E-state index is 1.25. The molecule has 70 valence electrons. The summed E-state index contributed by atoms with van der Waals surface area (Å²) in [7, 11) is 0. The summed E-state index contributed by atoms with van der Waals surface area (Å²) in [5, 5.41) is 0. The van der Waals surface area contributed by atoms with Crippen LogP contribution in [0, 0.1) is 0 Å². The average molecular weight is 214 g/mol. The SMILES string of the molecule is O=[C]=[Fe].c1cc[cH-]c1.c1cc[cH-]c1. The molecular weight excluding hydrogens is 204 g/mol. The molecule has 0 saturated carbocycles. The predicted octanol–water partition coefficient (Wildman–Crippen LogP) is 2.41. The van der Waals surface area contributed by atoms with Gasteiger partial charge in [-0.25, -0.2) is 24.3 Å². The molecule has 0 heterocycles. The first-order chi connectivity index (χ1) is 6.41. The first kappa shape index (κ1) is 11.8. The van der Waals surface area contributed by atoms with Crippen LogP contribution in [0.2, 0.25) is 0 Å². The quantitative estimate of drug-likeness (QED) is 0.486. The number of hydrogen-bond donors (Lipinski definition) is 0. The van der Waals surface area contributed by atoms with Crippen LogP contribution in [0.3, 0.4) is 0 Å². The van der Waals surface area contributed by atoms with E-state index >= 15 is 0 Å². The maximum absolute atomic E-state index is 8.57. The number of hydrogen-bond acceptors (Lipinski definition) is 1. The van der Waals surface area contributed by atoms with E-state index in [1.165, 1.54) is 4.79 Å². The van der Waals surface area contributed by atoms with Crippen molar-refractivity contribution in [3.05, 3.63) is 60.7 Å².